The van der Waals surface area contributed by atoms with Crippen molar-refractivity contribution in [2.75, 3.05) is 5.32 Å². The third kappa shape index (κ3) is 2.93. The van der Waals surface area contributed by atoms with E-state index in [9.17, 15) is 9.59 Å². The van der Waals surface area contributed by atoms with Crippen LogP contribution in [-0.4, -0.2) is 20.7 Å². The van der Waals surface area contributed by atoms with Gasteiger partial charge in [-0.15, -0.1) is 0 Å². The Balaban J connectivity index is 1.67. The lowest BCUT2D eigenvalue weighted by molar-refractivity contribution is -0.115. The Kier molecular flexibility index (Phi) is 4.05. The molecule has 3 aromatic rings. The first kappa shape index (κ1) is 15.9. The normalized spacial score (nSPS) is 17.0. The average molecular weight is 351 g/mol. The molecule has 2 heterocycles. The molecule has 1 atom stereocenters. The van der Waals surface area contributed by atoms with Crippen molar-refractivity contribution in [1.29, 1.82) is 0 Å². The van der Waals surface area contributed by atoms with Crippen LogP contribution in [0.4, 0.5) is 5.69 Å². The van der Waals surface area contributed by atoms with Crippen LogP contribution < -0.4 is 10.9 Å². The van der Waals surface area contributed by atoms with Crippen LogP contribution in [0.5, 0.6) is 0 Å². The molecule has 0 saturated heterocycles. The van der Waals surface area contributed by atoms with Gasteiger partial charge in [0.05, 0.1) is 16.2 Å². The monoisotopic (exact) mass is 351 g/mol. The van der Waals surface area contributed by atoms with E-state index in [2.05, 4.69) is 10.3 Å². The number of benzene rings is 2. The van der Waals surface area contributed by atoms with E-state index in [0.29, 0.717) is 22.5 Å². The van der Waals surface area contributed by atoms with Crippen LogP contribution in [0.3, 0.4) is 0 Å². The molecular formula is C19H17N3O2S. The maximum atomic E-state index is 12.6. The highest BCUT2D eigenvalue weighted by Crippen LogP contribution is 2.30. The van der Waals surface area contributed by atoms with Crippen LogP contribution in [-0.2, 0) is 18.3 Å². The largest absolute Gasteiger partial charge is 0.325 e. The Labute approximate surface area is 149 Å². The molecule has 1 aliphatic heterocycles. The maximum absolute atomic E-state index is 12.6. The minimum atomic E-state index is -0.285. The van der Waals surface area contributed by atoms with Gasteiger partial charge in [0.2, 0.25) is 5.91 Å². The lowest BCUT2D eigenvalue weighted by atomic mass is 10.1. The zero-order valence-electron chi connectivity index (χ0n) is 13.7. The van der Waals surface area contributed by atoms with E-state index in [1.807, 2.05) is 42.5 Å². The van der Waals surface area contributed by atoms with Gasteiger partial charge in [-0.25, -0.2) is 4.98 Å². The first-order chi connectivity index (χ1) is 12.1. The van der Waals surface area contributed by atoms with Gasteiger partial charge in [-0.3, -0.25) is 14.2 Å². The third-order valence-electron chi connectivity index (χ3n) is 4.43. The topological polar surface area (TPSA) is 64.0 Å². The average Bonchev–Trinajstić information content (AvgIpc) is 2.78. The summed E-state index contributed by atoms with van der Waals surface area (Å²) in [5.41, 5.74) is 2.58. The van der Waals surface area contributed by atoms with Gasteiger partial charge in [-0.2, -0.15) is 0 Å². The number of rotatable bonds is 2. The molecule has 0 unspecified atom stereocenters. The lowest BCUT2D eigenvalue weighted by Crippen LogP contribution is -2.26. The Bertz CT molecular complexity index is 1030. The molecule has 0 radical (unpaired) electrons. The highest BCUT2D eigenvalue weighted by Gasteiger charge is 2.26. The van der Waals surface area contributed by atoms with E-state index in [-0.39, 0.29) is 16.7 Å². The van der Waals surface area contributed by atoms with Crippen molar-refractivity contribution >= 4 is 34.3 Å². The van der Waals surface area contributed by atoms with Crippen LogP contribution in [0.25, 0.3) is 10.9 Å². The molecule has 4 rings (SSSR count). The molecule has 1 aromatic heterocycles. The number of fused-ring (bicyclic) bond motifs is 2. The fourth-order valence-electron chi connectivity index (χ4n) is 3.03. The van der Waals surface area contributed by atoms with Crippen LogP contribution in [0.15, 0.2) is 58.5 Å². The molecule has 5 nitrogen and oxygen atoms in total. The van der Waals surface area contributed by atoms with Gasteiger partial charge in [-0.05, 0) is 36.6 Å². The van der Waals surface area contributed by atoms with E-state index in [1.165, 1.54) is 16.3 Å². The molecule has 126 valence electrons. The number of amides is 1. The Morgan fingerprint density at radius 1 is 1.12 bits per heavy atom. The van der Waals surface area contributed by atoms with Crippen molar-refractivity contribution in [3.8, 4) is 0 Å². The molecule has 1 aliphatic rings. The van der Waals surface area contributed by atoms with Gasteiger partial charge < -0.3 is 5.32 Å². The molecule has 2 aromatic carbocycles. The summed E-state index contributed by atoms with van der Waals surface area (Å²) in [5.74, 6) is -0.0441. The fourth-order valence-corrected chi connectivity index (χ4v) is 4.08. The number of nitrogens with zero attached hydrogens (tertiary/aromatic N) is 2. The standard InChI is InChI=1S/C19H17N3O2S/c1-22-18(24)13-7-3-5-9-15(13)21-19(22)25-16-11-10-12-6-2-4-8-14(12)20-17(16)23/h2-9,16H,10-11H2,1H3,(H,20,23)/t16-/m1/s1. The molecule has 1 amide bonds. The highest BCUT2D eigenvalue weighted by atomic mass is 32.2. The number of carbonyl (C=O) groups excluding carboxylic acids is 1. The van der Waals surface area contributed by atoms with Crippen molar-refractivity contribution in [3.63, 3.8) is 0 Å². The Hall–Kier alpha value is -2.60. The predicted molar refractivity (Wildman–Crippen MR) is 100 cm³/mol. The molecule has 1 N–H and O–H groups in total. The molecule has 25 heavy (non-hydrogen) atoms. The van der Waals surface area contributed by atoms with Gasteiger partial charge in [0.1, 0.15) is 0 Å². The van der Waals surface area contributed by atoms with Gasteiger partial charge in [0.25, 0.3) is 5.56 Å². The number of nitrogens with one attached hydrogen (secondary N) is 1. The summed E-state index contributed by atoms with van der Waals surface area (Å²) in [6.45, 7) is 0. The molecule has 0 bridgehead atoms. The van der Waals surface area contributed by atoms with Crippen LogP contribution in [0, 0.1) is 0 Å². The van der Waals surface area contributed by atoms with Crippen LogP contribution >= 0.6 is 11.8 Å². The molecule has 0 aliphatic carbocycles. The minimum Gasteiger partial charge on any atom is -0.325 e. The number of anilines is 1. The number of para-hydroxylation sites is 2. The van der Waals surface area contributed by atoms with Gasteiger partial charge in [0, 0.05) is 12.7 Å². The van der Waals surface area contributed by atoms with Crippen molar-refractivity contribution in [2.45, 2.75) is 23.2 Å². The summed E-state index contributed by atoms with van der Waals surface area (Å²) in [7, 11) is 1.70. The number of hydrogen-bond acceptors (Lipinski definition) is 4. The van der Waals surface area contributed by atoms with E-state index < -0.39 is 0 Å². The molecular weight excluding hydrogens is 334 g/mol. The third-order valence-corrected chi connectivity index (χ3v) is 5.74. The zero-order valence-corrected chi connectivity index (χ0v) is 14.5. The van der Waals surface area contributed by atoms with Crippen LogP contribution in [0.1, 0.15) is 12.0 Å². The summed E-state index contributed by atoms with van der Waals surface area (Å²) >= 11 is 1.35. The lowest BCUT2D eigenvalue weighted by Gasteiger charge is -2.14. The Morgan fingerprint density at radius 3 is 2.76 bits per heavy atom. The summed E-state index contributed by atoms with van der Waals surface area (Å²) in [6.07, 6.45) is 1.52. The molecule has 0 spiro atoms. The highest BCUT2D eigenvalue weighted by molar-refractivity contribution is 8.00. The summed E-state index contributed by atoms with van der Waals surface area (Å²) in [5, 5.41) is 3.86. The number of thioether (sulfide) groups is 1. The maximum Gasteiger partial charge on any atom is 0.261 e. The number of aryl methyl sites for hydroxylation is 1. The quantitative estimate of drug-likeness (QED) is 0.721. The first-order valence-electron chi connectivity index (χ1n) is 8.14. The zero-order chi connectivity index (χ0) is 17.4. The van der Waals surface area contributed by atoms with E-state index in [0.717, 1.165) is 17.7 Å². The van der Waals surface area contributed by atoms with Crippen molar-refractivity contribution in [2.24, 2.45) is 7.05 Å². The predicted octanol–water partition coefficient (Wildman–Crippen LogP) is 2.98. The second-order valence-corrected chi connectivity index (χ2v) is 7.24. The number of hydrogen-bond donors (Lipinski definition) is 1. The van der Waals surface area contributed by atoms with Gasteiger partial charge >= 0.3 is 0 Å². The second kappa shape index (κ2) is 6.37. The van der Waals surface area contributed by atoms with E-state index in [4.69, 9.17) is 0 Å². The van der Waals surface area contributed by atoms with Crippen molar-refractivity contribution in [1.82, 2.24) is 9.55 Å². The number of aromatic nitrogens is 2. The van der Waals surface area contributed by atoms with E-state index in [1.54, 1.807) is 13.1 Å². The van der Waals surface area contributed by atoms with Crippen LogP contribution in [0.2, 0.25) is 0 Å². The number of carbonyl (C=O) groups is 1. The first-order valence-corrected chi connectivity index (χ1v) is 9.02. The molecule has 6 heteroatoms. The van der Waals surface area contributed by atoms with Gasteiger partial charge in [0.15, 0.2) is 5.16 Å². The molecule has 0 saturated carbocycles. The SMILES string of the molecule is Cn1c(S[C@@H]2CCc3ccccc3NC2=O)nc2ccccc2c1=O. The summed E-state index contributed by atoms with van der Waals surface area (Å²) in [6, 6.07) is 15.1. The van der Waals surface area contributed by atoms with E-state index >= 15 is 0 Å². The van der Waals surface area contributed by atoms with Crippen molar-refractivity contribution < 1.29 is 4.79 Å². The smallest absolute Gasteiger partial charge is 0.261 e. The molecule has 0 fully saturated rings. The fraction of sp³-hybridized carbons (Fsp3) is 0.211. The van der Waals surface area contributed by atoms with Gasteiger partial charge in [-0.1, -0.05) is 42.1 Å². The summed E-state index contributed by atoms with van der Waals surface area (Å²) in [4.78, 5) is 29.7. The second-order valence-electron chi connectivity index (χ2n) is 6.07. The summed E-state index contributed by atoms with van der Waals surface area (Å²) < 4.78 is 1.53. The van der Waals surface area contributed by atoms with Crippen molar-refractivity contribution in [3.05, 3.63) is 64.4 Å². The Morgan fingerprint density at radius 2 is 1.88 bits per heavy atom. The minimum absolute atomic E-state index is 0.0441.